The van der Waals surface area contributed by atoms with E-state index in [0.29, 0.717) is 19.0 Å². The summed E-state index contributed by atoms with van der Waals surface area (Å²) in [6.07, 6.45) is 3.88. The average molecular weight is 255 g/mol. The Hall–Kier alpha value is -1.10. The average Bonchev–Trinajstić information content (AvgIpc) is 2.85. The quantitative estimate of drug-likeness (QED) is 0.719. The van der Waals surface area contributed by atoms with E-state index in [9.17, 15) is 9.59 Å². The molecule has 1 saturated carbocycles. The second kappa shape index (κ2) is 7.36. The molecule has 0 aromatic carbocycles. The summed E-state index contributed by atoms with van der Waals surface area (Å²) in [5, 5.41) is 2.57. The molecule has 5 heteroatoms. The van der Waals surface area contributed by atoms with Gasteiger partial charge in [0.25, 0.3) is 0 Å². The van der Waals surface area contributed by atoms with Crippen LogP contribution in [0, 0.1) is 11.8 Å². The van der Waals surface area contributed by atoms with Gasteiger partial charge in [0.05, 0.1) is 6.54 Å². The summed E-state index contributed by atoms with van der Waals surface area (Å²) in [5.74, 6) is 0.306. The molecule has 0 heterocycles. The summed E-state index contributed by atoms with van der Waals surface area (Å²) in [6, 6.07) is 0. The molecule has 3 N–H and O–H groups in total. The van der Waals surface area contributed by atoms with Gasteiger partial charge in [0.2, 0.25) is 11.8 Å². The van der Waals surface area contributed by atoms with E-state index in [4.69, 9.17) is 5.73 Å². The van der Waals surface area contributed by atoms with Gasteiger partial charge in [-0.3, -0.25) is 9.59 Å². The zero-order valence-electron chi connectivity index (χ0n) is 11.4. The van der Waals surface area contributed by atoms with E-state index in [0.717, 1.165) is 25.7 Å². The fourth-order valence-electron chi connectivity index (χ4n) is 2.67. The third-order valence-electron chi connectivity index (χ3n) is 3.70. The monoisotopic (exact) mass is 255 g/mol. The van der Waals surface area contributed by atoms with Gasteiger partial charge >= 0.3 is 0 Å². The Balaban J connectivity index is 2.66. The molecule has 0 aliphatic heterocycles. The van der Waals surface area contributed by atoms with Crippen LogP contribution in [0.15, 0.2) is 0 Å². The molecule has 0 radical (unpaired) electrons. The standard InChI is InChI=1S/C13H25N3O2/c1-3-7-16(9-12(17)15-2)13(18)11-6-4-5-10(11)8-14/h10-11H,3-9,14H2,1-2H3,(H,15,17)/t10-,11-/m1/s1. The maximum Gasteiger partial charge on any atom is 0.239 e. The van der Waals surface area contributed by atoms with Crippen LogP contribution < -0.4 is 11.1 Å². The molecule has 1 rings (SSSR count). The Labute approximate surface area is 109 Å². The van der Waals surface area contributed by atoms with Crippen molar-refractivity contribution in [2.24, 2.45) is 17.6 Å². The molecule has 0 bridgehead atoms. The van der Waals surface area contributed by atoms with Crippen LogP contribution in [0.25, 0.3) is 0 Å². The number of rotatable bonds is 6. The summed E-state index contributed by atoms with van der Waals surface area (Å²) in [6.45, 7) is 3.38. The molecule has 1 fully saturated rings. The van der Waals surface area contributed by atoms with Gasteiger partial charge in [-0.15, -0.1) is 0 Å². The van der Waals surface area contributed by atoms with Crippen LogP contribution in [0.3, 0.4) is 0 Å². The molecule has 2 atom stereocenters. The number of hydrogen-bond donors (Lipinski definition) is 2. The molecule has 2 amide bonds. The second-order valence-electron chi connectivity index (χ2n) is 4.97. The third kappa shape index (κ3) is 3.70. The molecular formula is C13H25N3O2. The molecule has 0 unspecified atom stereocenters. The summed E-state index contributed by atoms with van der Waals surface area (Å²) >= 11 is 0. The van der Waals surface area contributed by atoms with Crippen LogP contribution in [0.5, 0.6) is 0 Å². The molecular weight excluding hydrogens is 230 g/mol. The first-order chi connectivity index (χ1) is 8.63. The summed E-state index contributed by atoms with van der Waals surface area (Å²) < 4.78 is 0. The molecule has 0 spiro atoms. The van der Waals surface area contributed by atoms with Crippen LogP contribution in [0.2, 0.25) is 0 Å². The molecule has 1 aliphatic carbocycles. The lowest BCUT2D eigenvalue weighted by Gasteiger charge is -2.27. The second-order valence-corrected chi connectivity index (χ2v) is 4.97. The largest absolute Gasteiger partial charge is 0.358 e. The maximum absolute atomic E-state index is 12.4. The van der Waals surface area contributed by atoms with Gasteiger partial charge in [-0.25, -0.2) is 0 Å². The van der Waals surface area contributed by atoms with Crippen LogP contribution >= 0.6 is 0 Å². The smallest absolute Gasteiger partial charge is 0.239 e. The molecule has 5 nitrogen and oxygen atoms in total. The predicted octanol–water partition coefficient (Wildman–Crippen LogP) is 0.346. The molecule has 104 valence electrons. The van der Waals surface area contributed by atoms with Crippen molar-refractivity contribution in [1.29, 1.82) is 0 Å². The van der Waals surface area contributed by atoms with Crippen molar-refractivity contribution in [3.63, 3.8) is 0 Å². The SMILES string of the molecule is CCCN(CC(=O)NC)C(=O)[C@@H]1CCC[C@@H]1CN. The first kappa shape index (κ1) is 15.0. The van der Waals surface area contributed by atoms with Gasteiger partial charge in [-0.05, 0) is 31.7 Å². The Morgan fingerprint density at radius 3 is 2.67 bits per heavy atom. The van der Waals surface area contributed by atoms with Gasteiger partial charge in [0, 0.05) is 19.5 Å². The van der Waals surface area contributed by atoms with E-state index in [1.165, 1.54) is 0 Å². The van der Waals surface area contributed by atoms with Crippen LogP contribution in [-0.2, 0) is 9.59 Å². The highest BCUT2D eigenvalue weighted by molar-refractivity contribution is 5.86. The number of hydrogen-bond acceptors (Lipinski definition) is 3. The van der Waals surface area contributed by atoms with E-state index in [1.807, 2.05) is 6.92 Å². The molecule has 1 aliphatic rings. The number of nitrogens with two attached hydrogens (primary N) is 1. The highest BCUT2D eigenvalue weighted by atomic mass is 16.2. The van der Waals surface area contributed by atoms with Crippen molar-refractivity contribution < 1.29 is 9.59 Å². The van der Waals surface area contributed by atoms with Crippen LogP contribution in [-0.4, -0.2) is 43.4 Å². The zero-order chi connectivity index (χ0) is 13.5. The minimum absolute atomic E-state index is 0.0196. The molecule has 18 heavy (non-hydrogen) atoms. The first-order valence-corrected chi connectivity index (χ1v) is 6.83. The number of amides is 2. The number of likely N-dealkylation sites (N-methyl/N-ethyl adjacent to an activating group) is 1. The van der Waals surface area contributed by atoms with Gasteiger partial charge in [-0.1, -0.05) is 13.3 Å². The minimum atomic E-state index is -0.112. The highest BCUT2D eigenvalue weighted by Crippen LogP contribution is 2.32. The minimum Gasteiger partial charge on any atom is -0.358 e. The lowest BCUT2D eigenvalue weighted by molar-refractivity contribution is -0.140. The zero-order valence-corrected chi connectivity index (χ0v) is 11.4. The van der Waals surface area contributed by atoms with Gasteiger partial charge in [0.1, 0.15) is 0 Å². The normalized spacial score (nSPS) is 22.8. The van der Waals surface area contributed by atoms with Crippen molar-refractivity contribution in [3.8, 4) is 0 Å². The van der Waals surface area contributed by atoms with Crippen molar-refractivity contribution in [2.45, 2.75) is 32.6 Å². The van der Waals surface area contributed by atoms with E-state index in [2.05, 4.69) is 5.32 Å². The van der Waals surface area contributed by atoms with Gasteiger partial charge in [0.15, 0.2) is 0 Å². The number of nitrogens with zero attached hydrogens (tertiary/aromatic N) is 1. The number of carbonyl (C=O) groups is 2. The van der Waals surface area contributed by atoms with E-state index in [1.54, 1.807) is 11.9 Å². The fourth-order valence-corrected chi connectivity index (χ4v) is 2.67. The Bertz CT molecular complexity index is 294. The van der Waals surface area contributed by atoms with Crippen LogP contribution in [0.1, 0.15) is 32.6 Å². The number of nitrogens with one attached hydrogen (secondary N) is 1. The first-order valence-electron chi connectivity index (χ1n) is 6.83. The van der Waals surface area contributed by atoms with E-state index < -0.39 is 0 Å². The summed E-state index contributed by atoms with van der Waals surface area (Å²) in [7, 11) is 1.59. The Morgan fingerprint density at radius 2 is 2.11 bits per heavy atom. The number of carbonyl (C=O) groups excluding carboxylic acids is 2. The maximum atomic E-state index is 12.4. The highest BCUT2D eigenvalue weighted by Gasteiger charge is 2.34. The van der Waals surface area contributed by atoms with E-state index in [-0.39, 0.29) is 24.3 Å². The fraction of sp³-hybridized carbons (Fsp3) is 0.846. The van der Waals surface area contributed by atoms with Gasteiger partial charge in [-0.2, -0.15) is 0 Å². The lowest BCUT2D eigenvalue weighted by atomic mass is 9.94. The Morgan fingerprint density at radius 1 is 1.39 bits per heavy atom. The summed E-state index contributed by atoms with van der Waals surface area (Å²) in [5.41, 5.74) is 5.71. The van der Waals surface area contributed by atoms with Crippen molar-refractivity contribution in [2.75, 3.05) is 26.7 Å². The topological polar surface area (TPSA) is 75.4 Å². The molecule has 0 saturated heterocycles. The third-order valence-corrected chi connectivity index (χ3v) is 3.70. The predicted molar refractivity (Wildman–Crippen MR) is 70.8 cm³/mol. The molecule has 0 aromatic rings. The summed E-state index contributed by atoms with van der Waals surface area (Å²) in [4.78, 5) is 25.6. The Kier molecular flexibility index (Phi) is 6.12. The van der Waals surface area contributed by atoms with E-state index >= 15 is 0 Å². The van der Waals surface area contributed by atoms with Crippen molar-refractivity contribution in [1.82, 2.24) is 10.2 Å². The van der Waals surface area contributed by atoms with Gasteiger partial charge < -0.3 is 16.0 Å². The lowest BCUT2D eigenvalue weighted by Crippen LogP contribution is -2.44. The van der Waals surface area contributed by atoms with Crippen LogP contribution in [0.4, 0.5) is 0 Å². The van der Waals surface area contributed by atoms with Crippen molar-refractivity contribution >= 4 is 11.8 Å². The molecule has 0 aromatic heterocycles. The van der Waals surface area contributed by atoms with Crippen molar-refractivity contribution in [3.05, 3.63) is 0 Å².